The van der Waals surface area contributed by atoms with Crippen molar-refractivity contribution in [3.63, 3.8) is 0 Å². The number of amides is 2. The van der Waals surface area contributed by atoms with E-state index in [1.165, 1.54) is 4.90 Å². The highest BCUT2D eigenvalue weighted by molar-refractivity contribution is 6.36. The summed E-state index contributed by atoms with van der Waals surface area (Å²) in [5.74, 6) is 0.770. The predicted octanol–water partition coefficient (Wildman–Crippen LogP) is 3.70. The molecule has 0 aromatic heterocycles. The molecule has 0 radical (unpaired) electrons. The number of nitrogens with one attached hydrogen (secondary N) is 1. The minimum atomic E-state index is -0.321. The van der Waals surface area contributed by atoms with Gasteiger partial charge in [-0.3, -0.25) is 14.5 Å². The minimum absolute atomic E-state index is 0.274. The van der Waals surface area contributed by atoms with Crippen molar-refractivity contribution >= 4 is 23.1 Å². The average Bonchev–Trinajstić information content (AvgIpc) is 2.94. The molecule has 1 heterocycles. The maximum atomic E-state index is 13.0. The standard InChI is InChI=1S/C22H24N2O4/c1-4-13-24-21(25)19(15-9-11-17(12-10-15)28-5-2)20(22(24)26)23-16-7-6-8-18(14-16)27-3/h6-12,14,23H,4-5,13H2,1-3H3. The second-order valence-corrected chi connectivity index (χ2v) is 6.33. The summed E-state index contributed by atoms with van der Waals surface area (Å²) in [5, 5.41) is 3.13. The van der Waals surface area contributed by atoms with Crippen LogP contribution in [-0.4, -0.2) is 37.0 Å². The Labute approximate surface area is 164 Å². The molecule has 6 nitrogen and oxygen atoms in total. The zero-order valence-corrected chi connectivity index (χ0v) is 16.3. The average molecular weight is 380 g/mol. The van der Waals surface area contributed by atoms with E-state index in [1.54, 1.807) is 37.4 Å². The Bertz CT molecular complexity index is 903. The lowest BCUT2D eigenvalue weighted by molar-refractivity contribution is -0.136. The lowest BCUT2D eigenvalue weighted by atomic mass is 10.0. The molecule has 0 bridgehead atoms. The smallest absolute Gasteiger partial charge is 0.278 e. The van der Waals surface area contributed by atoms with Crippen LogP contribution in [0.3, 0.4) is 0 Å². The van der Waals surface area contributed by atoms with Crippen molar-refractivity contribution in [3.05, 3.63) is 59.8 Å². The number of ether oxygens (including phenoxy) is 2. The fourth-order valence-electron chi connectivity index (χ4n) is 3.12. The van der Waals surface area contributed by atoms with E-state index < -0.39 is 0 Å². The Kier molecular flexibility index (Phi) is 5.99. The molecule has 28 heavy (non-hydrogen) atoms. The van der Waals surface area contributed by atoms with E-state index in [2.05, 4.69) is 5.32 Å². The van der Waals surface area contributed by atoms with Gasteiger partial charge in [-0.25, -0.2) is 0 Å². The number of benzene rings is 2. The molecule has 2 aromatic rings. The maximum absolute atomic E-state index is 13.0. The van der Waals surface area contributed by atoms with Crippen LogP contribution in [0.1, 0.15) is 25.8 Å². The summed E-state index contributed by atoms with van der Waals surface area (Å²) in [6.45, 7) is 4.78. The summed E-state index contributed by atoms with van der Waals surface area (Å²) in [6, 6.07) is 14.4. The topological polar surface area (TPSA) is 67.9 Å². The first-order valence-electron chi connectivity index (χ1n) is 9.33. The summed E-state index contributed by atoms with van der Waals surface area (Å²) < 4.78 is 10.7. The first-order chi connectivity index (χ1) is 13.6. The normalized spacial score (nSPS) is 13.9. The molecule has 0 saturated carbocycles. The SMILES string of the molecule is CCCN1C(=O)C(Nc2cccc(OC)c2)=C(c2ccc(OCC)cc2)C1=O. The Balaban J connectivity index is 2.02. The highest BCUT2D eigenvalue weighted by Crippen LogP contribution is 2.32. The van der Waals surface area contributed by atoms with E-state index in [4.69, 9.17) is 9.47 Å². The number of hydrogen-bond acceptors (Lipinski definition) is 5. The van der Waals surface area contributed by atoms with Crippen molar-refractivity contribution in [3.8, 4) is 11.5 Å². The molecule has 2 amide bonds. The largest absolute Gasteiger partial charge is 0.497 e. The first-order valence-corrected chi connectivity index (χ1v) is 9.33. The molecule has 0 unspecified atom stereocenters. The molecule has 0 spiro atoms. The Morgan fingerprint density at radius 1 is 0.964 bits per heavy atom. The third-order valence-corrected chi connectivity index (χ3v) is 4.41. The van der Waals surface area contributed by atoms with E-state index >= 15 is 0 Å². The molecule has 0 saturated heterocycles. The van der Waals surface area contributed by atoms with Gasteiger partial charge in [-0.15, -0.1) is 0 Å². The van der Waals surface area contributed by atoms with Gasteiger partial charge in [0.05, 0.1) is 19.3 Å². The molecule has 2 aromatic carbocycles. The number of rotatable bonds is 8. The second kappa shape index (κ2) is 8.61. The fraction of sp³-hybridized carbons (Fsp3) is 0.273. The van der Waals surface area contributed by atoms with Crippen LogP contribution in [-0.2, 0) is 9.59 Å². The van der Waals surface area contributed by atoms with Gasteiger partial charge in [0.25, 0.3) is 11.8 Å². The minimum Gasteiger partial charge on any atom is -0.497 e. The van der Waals surface area contributed by atoms with Gasteiger partial charge in [-0.2, -0.15) is 0 Å². The van der Waals surface area contributed by atoms with Crippen molar-refractivity contribution in [2.24, 2.45) is 0 Å². The summed E-state index contributed by atoms with van der Waals surface area (Å²) >= 11 is 0. The quantitative estimate of drug-likeness (QED) is 0.708. The van der Waals surface area contributed by atoms with E-state index in [-0.39, 0.29) is 17.5 Å². The molecule has 1 aliphatic rings. The highest BCUT2D eigenvalue weighted by atomic mass is 16.5. The van der Waals surface area contributed by atoms with Gasteiger partial charge in [0.1, 0.15) is 17.2 Å². The molecule has 1 aliphatic heterocycles. The maximum Gasteiger partial charge on any atom is 0.278 e. The molecule has 0 atom stereocenters. The number of carbonyl (C=O) groups excluding carboxylic acids is 2. The van der Waals surface area contributed by atoms with Gasteiger partial charge in [-0.1, -0.05) is 25.1 Å². The van der Waals surface area contributed by atoms with Gasteiger partial charge >= 0.3 is 0 Å². The molecule has 3 rings (SSSR count). The zero-order chi connectivity index (χ0) is 20.1. The number of hydrogen-bond donors (Lipinski definition) is 1. The van der Waals surface area contributed by atoms with Crippen LogP contribution >= 0.6 is 0 Å². The van der Waals surface area contributed by atoms with Crippen LogP contribution in [0.15, 0.2) is 54.2 Å². The second-order valence-electron chi connectivity index (χ2n) is 6.33. The zero-order valence-electron chi connectivity index (χ0n) is 16.3. The van der Waals surface area contributed by atoms with Crippen LogP contribution < -0.4 is 14.8 Å². The number of methoxy groups -OCH3 is 1. The van der Waals surface area contributed by atoms with Gasteiger partial charge < -0.3 is 14.8 Å². The van der Waals surface area contributed by atoms with Crippen molar-refractivity contribution in [1.82, 2.24) is 4.90 Å². The number of imide groups is 1. The predicted molar refractivity (Wildman–Crippen MR) is 108 cm³/mol. The number of nitrogens with zero attached hydrogens (tertiary/aromatic N) is 1. The summed E-state index contributed by atoms with van der Waals surface area (Å²) in [4.78, 5) is 27.2. The van der Waals surface area contributed by atoms with Gasteiger partial charge in [0, 0.05) is 18.3 Å². The van der Waals surface area contributed by atoms with E-state index in [1.807, 2.05) is 32.0 Å². The lowest BCUT2D eigenvalue weighted by Crippen LogP contribution is -2.33. The van der Waals surface area contributed by atoms with Crippen LogP contribution in [0.25, 0.3) is 5.57 Å². The van der Waals surface area contributed by atoms with E-state index in [9.17, 15) is 9.59 Å². The molecule has 0 fully saturated rings. The van der Waals surface area contributed by atoms with E-state index in [0.717, 1.165) is 5.75 Å². The lowest BCUT2D eigenvalue weighted by Gasteiger charge is -2.14. The van der Waals surface area contributed by atoms with Crippen molar-refractivity contribution in [1.29, 1.82) is 0 Å². The van der Waals surface area contributed by atoms with Gasteiger partial charge in [-0.05, 0) is 43.2 Å². The van der Waals surface area contributed by atoms with Crippen molar-refractivity contribution in [2.45, 2.75) is 20.3 Å². The summed E-state index contributed by atoms with van der Waals surface area (Å²) in [7, 11) is 1.58. The monoisotopic (exact) mass is 380 g/mol. The summed E-state index contributed by atoms with van der Waals surface area (Å²) in [6.07, 6.45) is 0.695. The van der Waals surface area contributed by atoms with Gasteiger partial charge in [0.15, 0.2) is 0 Å². The molecule has 146 valence electrons. The molecular weight excluding hydrogens is 356 g/mol. The third kappa shape index (κ3) is 3.86. The molecule has 0 aliphatic carbocycles. The van der Waals surface area contributed by atoms with Crippen LogP contribution in [0.5, 0.6) is 11.5 Å². The number of anilines is 1. The van der Waals surface area contributed by atoms with Crippen LogP contribution in [0, 0.1) is 0 Å². The number of carbonyl (C=O) groups is 2. The molecular formula is C22H24N2O4. The van der Waals surface area contributed by atoms with E-state index in [0.29, 0.717) is 42.1 Å². The Morgan fingerprint density at radius 3 is 2.36 bits per heavy atom. The Hall–Kier alpha value is -3.28. The molecule has 1 N–H and O–H groups in total. The van der Waals surface area contributed by atoms with Crippen molar-refractivity contribution < 1.29 is 19.1 Å². The van der Waals surface area contributed by atoms with Crippen LogP contribution in [0.4, 0.5) is 5.69 Å². The highest BCUT2D eigenvalue weighted by Gasteiger charge is 2.38. The summed E-state index contributed by atoms with van der Waals surface area (Å²) in [5.41, 5.74) is 1.99. The Morgan fingerprint density at radius 2 is 1.71 bits per heavy atom. The fourth-order valence-corrected chi connectivity index (χ4v) is 3.12. The third-order valence-electron chi connectivity index (χ3n) is 4.41. The molecule has 6 heteroatoms. The van der Waals surface area contributed by atoms with Crippen molar-refractivity contribution in [2.75, 3.05) is 25.6 Å². The van der Waals surface area contributed by atoms with Crippen LogP contribution in [0.2, 0.25) is 0 Å². The first kappa shape index (κ1) is 19.5. The van der Waals surface area contributed by atoms with Gasteiger partial charge in [0.2, 0.25) is 0 Å².